The molecule has 38 heavy (non-hydrogen) atoms. The second-order valence-electron chi connectivity index (χ2n) is 9.96. The number of rotatable bonds is 7. The maximum absolute atomic E-state index is 13.0. The number of aromatic nitrogens is 4. The quantitative estimate of drug-likeness (QED) is 0.418. The molecule has 2 aromatic heterocycles. The number of carbonyl (C=O) groups is 1. The second-order valence-corrected chi connectivity index (χ2v) is 9.96. The first-order chi connectivity index (χ1) is 17.8. The van der Waals surface area contributed by atoms with Gasteiger partial charge in [-0.2, -0.15) is 18.2 Å². The number of ether oxygens (including phenoxy) is 2. The SMILES string of the molecule is C[C@H](Nc1nccc(N2C(=O)OCC2[C@@H](C)OC(C)(C)C)n1)c1cnc(-c2cccc(C(F)(F)F)c2)cn1. The normalized spacial score (nSPS) is 17.7. The van der Waals surface area contributed by atoms with Gasteiger partial charge in [-0.25, -0.2) is 9.78 Å². The van der Waals surface area contributed by atoms with Crippen molar-refractivity contribution in [1.29, 1.82) is 0 Å². The van der Waals surface area contributed by atoms with Gasteiger partial charge in [-0.05, 0) is 52.8 Å². The molecule has 3 aromatic rings. The van der Waals surface area contributed by atoms with Gasteiger partial charge < -0.3 is 14.8 Å². The third-order valence-electron chi connectivity index (χ3n) is 5.82. The Labute approximate surface area is 218 Å². The minimum absolute atomic E-state index is 0.174. The van der Waals surface area contributed by atoms with E-state index >= 15 is 0 Å². The van der Waals surface area contributed by atoms with E-state index in [0.717, 1.165) is 12.1 Å². The monoisotopic (exact) mass is 530 g/mol. The molecule has 1 fully saturated rings. The number of nitrogens with one attached hydrogen (secondary N) is 1. The van der Waals surface area contributed by atoms with Crippen molar-refractivity contribution >= 4 is 17.9 Å². The molecule has 3 atom stereocenters. The van der Waals surface area contributed by atoms with Crippen LogP contribution in [-0.2, 0) is 15.7 Å². The minimum Gasteiger partial charge on any atom is -0.447 e. The molecule has 1 aliphatic heterocycles. The molecule has 9 nitrogen and oxygen atoms in total. The van der Waals surface area contributed by atoms with Crippen LogP contribution >= 0.6 is 0 Å². The van der Waals surface area contributed by atoms with Crippen LogP contribution in [0.4, 0.5) is 29.7 Å². The highest BCUT2D eigenvalue weighted by atomic mass is 19.4. The van der Waals surface area contributed by atoms with Crippen LogP contribution in [0.25, 0.3) is 11.3 Å². The van der Waals surface area contributed by atoms with E-state index in [4.69, 9.17) is 9.47 Å². The Morgan fingerprint density at radius 2 is 1.87 bits per heavy atom. The molecule has 1 N–H and O–H groups in total. The number of alkyl halides is 3. The summed E-state index contributed by atoms with van der Waals surface area (Å²) in [6.07, 6.45) is -0.846. The fraction of sp³-hybridized carbons (Fsp3) is 0.423. The molecule has 1 aliphatic rings. The lowest BCUT2D eigenvalue weighted by molar-refractivity contribution is -0.137. The Balaban J connectivity index is 1.48. The van der Waals surface area contributed by atoms with Gasteiger partial charge in [0, 0.05) is 11.8 Å². The predicted octanol–water partition coefficient (Wildman–Crippen LogP) is 5.65. The van der Waals surface area contributed by atoms with Crippen LogP contribution in [0.3, 0.4) is 0 Å². The van der Waals surface area contributed by atoms with Gasteiger partial charge in [-0.3, -0.25) is 14.9 Å². The summed E-state index contributed by atoms with van der Waals surface area (Å²) in [6.45, 7) is 9.69. The van der Waals surface area contributed by atoms with E-state index in [0.29, 0.717) is 22.8 Å². The van der Waals surface area contributed by atoms with E-state index < -0.39 is 29.5 Å². The lowest BCUT2D eigenvalue weighted by Crippen LogP contribution is -2.45. The largest absolute Gasteiger partial charge is 0.447 e. The molecule has 0 aliphatic carbocycles. The van der Waals surface area contributed by atoms with E-state index in [1.54, 1.807) is 12.1 Å². The molecule has 1 unspecified atom stereocenters. The Morgan fingerprint density at radius 1 is 1.11 bits per heavy atom. The van der Waals surface area contributed by atoms with E-state index in [9.17, 15) is 18.0 Å². The summed E-state index contributed by atoms with van der Waals surface area (Å²) < 4.78 is 50.4. The second kappa shape index (κ2) is 10.5. The molecule has 4 rings (SSSR count). The molecule has 0 spiro atoms. The summed E-state index contributed by atoms with van der Waals surface area (Å²) in [5.74, 6) is 0.610. The first-order valence-electron chi connectivity index (χ1n) is 12.0. The summed E-state index contributed by atoms with van der Waals surface area (Å²) in [6, 6.07) is 5.78. The molecule has 3 heterocycles. The number of benzene rings is 1. The smallest absolute Gasteiger partial charge is 0.416 e. The predicted molar refractivity (Wildman–Crippen MR) is 134 cm³/mol. The summed E-state index contributed by atoms with van der Waals surface area (Å²) in [5.41, 5.74) is 0.00181. The van der Waals surface area contributed by atoms with E-state index in [1.807, 2.05) is 34.6 Å². The van der Waals surface area contributed by atoms with Crippen molar-refractivity contribution in [3.63, 3.8) is 0 Å². The number of amides is 1. The Morgan fingerprint density at radius 3 is 2.53 bits per heavy atom. The molecule has 0 radical (unpaired) electrons. The van der Waals surface area contributed by atoms with Gasteiger partial charge in [0.15, 0.2) is 0 Å². The van der Waals surface area contributed by atoms with Crippen LogP contribution < -0.4 is 10.2 Å². The highest BCUT2D eigenvalue weighted by molar-refractivity contribution is 5.89. The molecule has 1 saturated heterocycles. The van der Waals surface area contributed by atoms with Crippen LogP contribution in [0, 0.1) is 0 Å². The number of cyclic esters (lactones) is 1. The standard InChI is InChI=1S/C26H29F3N6O3/c1-15(19-12-32-20(13-31-19)17-7-6-8-18(11-17)26(27,28)29)33-23-30-10-9-22(34-23)35-21(14-37-24(35)36)16(2)38-25(3,4)5/h6-13,15-16,21H,14H2,1-5H3,(H,30,33,34)/t15-,16+,21?/m0/s1. The number of hydrogen-bond donors (Lipinski definition) is 1. The van der Waals surface area contributed by atoms with Crippen molar-refractivity contribution in [3.05, 3.63) is 60.2 Å². The number of nitrogens with zero attached hydrogens (tertiary/aromatic N) is 5. The van der Waals surface area contributed by atoms with Gasteiger partial charge in [-0.15, -0.1) is 0 Å². The topological polar surface area (TPSA) is 102 Å². The molecule has 1 aromatic carbocycles. The van der Waals surface area contributed by atoms with E-state index in [1.165, 1.54) is 29.6 Å². The van der Waals surface area contributed by atoms with Crippen molar-refractivity contribution in [3.8, 4) is 11.3 Å². The van der Waals surface area contributed by atoms with Crippen molar-refractivity contribution in [2.24, 2.45) is 0 Å². The summed E-state index contributed by atoms with van der Waals surface area (Å²) in [7, 11) is 0. The lowest BCUT2D eigenvalue weighted by atomic mass is 10.1. The average Bonchev–Trinajstić information content (AvgIpc) is 3.24. The summed E-state index contributed by atoms with van der Waals surface area (Å²) >= 11 is 0. The zero-order valence-electron chi connectivity index (χ0n) is 21.7. The van der Waals surface area contributed by atoms with Crippen LogP contribution in [-0.4, -0.2) is 50.4 Å². The van der Waals surface area contributed by atoms with Crippen molar-refractivity contribution in [1.82, 2.24) is 19.9 Å². The first kappa shape index (κ1) is 27.2. The lowest BCUT2D eigenvalue weighted by Gasteiger charge is -2.31. The van der Waals surface area contributed by atoms with Gasteiger partial charge >= 0.3 is 12.3 Å². The van der Waals surface area contributed by atoms with Gasteiger partial charge in [0.25, 0.3) is 0 Å². The molecular formula is C26H29F3N6O3. The number of anilines is 2. The maximum atomic E-state index is 13.0. The summed E-state index contributed by atoms with van der Waals surface area (Å²) in [5, 5.41) is 3.12. The maximum Gasteiger partial charge on any atom is 0.416 e. The third-order valence-corrected chi connectivity index (χ3v) is 5.82. The average molecular weight is 531 g/mol. The Bertz CT molecular complexity index is 1280. The number of halogens is 3. The van der Waals surface area contributed by atoms with Gasteiger partial charge in [0.05, 0.1) is 47.1 Å². The molecular weight excluding hydrogens is 501 g/mol. The molecule has 1 amide bonds. The first-order valence-corrected chi connectivity index (χ1v) is 12.0. The Hall–Kier alpha value is -3.80. The van der Waals surface area contributed by atoms with Gasteiger partial charge in [0.1, 0.15) is 18.5 Å². The fourth-order valence-electron chi connectivity index (χ4n) is 4.07. The van der Waals surface area contributed by atoms with Gasteiger partial charge in [0.2, 0.25) is 5.95 Å². The van der Waals surface area contributed by atoms with Gasteiger partial charge in [-0.1, -0.05) is 12.1 Å². The third kappa shape index (κ3) is 6.36. The Kier molecular flexibility index (Phi) is 7.54. The van der Waals surface area contributed by atoms with Crippen LogP contribution in [0.15, 0.2) is 48.9 Å². The van der Waals surface area contributed by atoms with Crippen LogP contribution in [0.1, 0.15) is 51.9 Å². The van der Waals surface area contributed by atoms with Crippen molar-refractivity contribution in [2.75, 3.05) is 16.8 Å². The highest BCUT2D eigenvalue weighted by Crippen LogP contribution is 2.32. The molecule has 12 heteroatoms. The molecule has 0 saturated carbocycles. The van der Waals surface area contributed by atoms with Crippen LogP contribution in [0.2, 0.25) is 0 Å². The summed E-state index contributed by atoms with van der Waals surface area (Å²) in [4.78, 5) is 31.4. The molecule has 0 bridgehead atoms. The van der Waals surface area contributed by atoms with Crippen molar-refractivity contribution < 1.29 is 27.4 Å². The minimum atomic E-state index is -4.44. The van der Waals surface area contributed by atoms with Crippen molar-refractivity contribution in [2.45, 2.75) is 64.6 Å². The van der Waals surface area contributed by atoms with Crippen LogP contribution in [0.5, 0.6) is 0 Å². The fourth-order valence-corrected chi connectivity index (χ4v) is 4.07. The number of carbonyl (C=O) groups excluding carboxylic acids is 1. The van der Waals surface area contributed by atoms with E-state index in [-0.39, 0.29) is 24.7 Å². The zero-order valence-corrected chi connectivity index (χ0v) is 21.7. The van der Waals surface area contributed by atoms with E-state index in [2.05, 4.69) is 25.3 Å². The highest BCUT2D eigenvalue weighted by Gasteiger charge is 2.40. The number of hydrogen-bond acceptors (Lipinski definition) is 8. The molecule has 202 valence electrons. The zero-order chi connectivity index (χ0) is 27.7.